The van der Waals surface area contributed by atoms with Crippen LogP contribution in [0.15, 0.2) is 33.5 Å². The highest BCUT2D eigenvalue weighted by molar-refractivity contribution is 5.90. The molecular weight excluding hydrogens is 560 g/mol. The molecule has 2 amide bonds. The van der Waals surface area contributed by atoms with Crippen molar-refractivity contribution in [2.45, 2.75) is 97.2 Å². The van der Waals surface area contributed by atoms with Crippen LogP contribution in [-0.4, -0.2) is 49.1 Å². The molecule has 0 bridgehead atoms. The Kier molecular flexibility index (Phi) is 8.81. The number of ether oxygens (including phenoxy) is 2. The number of anilines is 1. The zero-order valence-corrected chi connectivity index (χ0v) is 26.4. The first-order valence-electron chi connectivity index (χ1n) is 16.7. The summed E-state index contributed by atoms with van der Waals surface area (Å²) < 4.78 is 16.6. The molecular formula is C35H48N2O7. The number of fused-ring (bicyclic) bond motifs is 6. The lowest BCUT2D eigenvalue weighted by molar-refractivity contribution is -0.147. The molecule has 0 saturated heterocycles. The van der Waals surface area contributed by atoms with E-state index in [0.29, 0.717) is 41.5 Å². The van der Waals surface area contributed by atoms with E-state index in [4.69, 9.17) is 13.9 Å². The zero-order valence-electron chi connectivity index (χ0n) is 26.4. The first-order chi connectivity index (χ1) is 21.1. The second kappa shape index (κ2) is 12.5. The van der Waals surface area contributed by atoms with E-state index in [0.717, 1.165) is 54.9 Å². The largest absolute Gasteiger partial charge is 0.450 e. The molecule has 240 valence electrons. The fraction of sp³-hybridized carbons (Fsp3) is 0.686. The van der Waals surface area contributed by atoms with Gasteiger partial charge >= 0.3 is 11.7 Å². The molecule has 0 unspecified atom stereocenters. The maximum Gasteiger partial charge on any atom is 0.411 e. The van der Waals surface area contributed by atoms with Gasteiger partial charge in [0.05, 0.1) is 18.8 Å². The number of aliphatic hydroxyl groups excluding tert-OH is 1. The van der Waals surface area contributed by atoms with E-state index in [9.17, 15) is 19.5 Å². The van der Waals surface area contributed by atoms with E-state index in [1.807, 2.05) is 0 Å². The highest BCUT2D eigenvalue weighted by Gasteiger charge is 2.60. The van der Waals surface area contributed by atoms with Gasteiger partial charge in [-0.15, -0.1) is 0 Å². The van der Waals surface area contributed by atoms with Crippen LogP contribution < -0.4 is 16.3 Å². The van der Waals surface area contributed by atoms with Gasteiger partial charge in [0.25, 0.3) is 0 Å². The van der Waals surface area contributed by atoms with Gasteiger partial charge in [-0.1, -0.05) is 13.8 Å². The van der Waals surface area contributed by atoms with Gasteiger partial charge in [0, 0.05) is 29.8 Å². The maximum atomic E-state index is 12.9. The van der Waals surface area contributed by atoms with Gasteiger partial charge in [0.15, 0.2) is 0 Å². The fourth-order valence-corrected chi connectivity index (χ4v) is 9.82. The molecule has 3 N–H and O–H groups in total. The average Bonchev–Trinajstić information content (AvgIpc) is 3.32. The van der Waals surface area contributed by atoms with Crippen LogP contribution in [0.3, 0.4) is 0 Å². The van der Waals surface area contributed by atoms with E-state index in [1.54, 1.807) is 25.1 Å². The van der Waals surface area contributed by atoms with Crippen molar-refractivity contribution in [1.82, 2.24) is 5.32 Å². The number of nitrogens with one attached hydrogen (secondary N) is 2. The lowest BCUT2D eigenvalue weighted by atomic mass is 9.45. The van der Waals surface area contributed by atoms with Crippen molar-refractivity contribution in [1.29, 1.82) is 0 Å². The van der Waals surface area contributed by atoms with Gasteiger partial charge in [-0.3, -0.25) is 10.1 Å². The Morgan fingerprint density at radius 3 is 2.64 bits per heavy atom. The second-order valence-electron chi connectivity index (χ2n) is 14.3. The van der Waals surface area contributed by atoms with Crippen molar-refractivity contribution in [3.05, 3.63) is 40.2 Å². The summed E-state index contributed by atoms with van der Waals surface area (Å²) in [6.45, 7) is 7.31. The molecule has 0 spiro atoms. The zero-order chi connectivity index (χ0) is 31.1. The summed E-state index contributed by atoms with van der Waals surface area (Å²) in [6.07, 6.45) is 10.0. The minimum Gasteiger partial charge on any atom is -0.450 e. The predicted molar refractivity (Wildman–Crippen MR) is 167 cm³/mol. The smallest absolute Gasteiger partial charge is 0.411 e. The molecule has 2 aromatic rings. The number of carbonyl (C=O) groups excluding carboxylic acids is 2. The summed E-state index contributed by atoms with van der Waals surface area (Å²) in [6, 6.07) is 6.56. The topological polar surface area (TPSA) is 127 Å². The number of hydrogen-bond acceptors (Lipinski definition) is 7. The lowest BCUT2D eigenvalue weighted by Crippen LogP contribution is -2.54. The van der Waals surface area contributed by atoms with Crippen LogP contribution in [0.5, 0.6) is 0 Å². The van der Waals surface area contributed by atoms with E-state index in [1.165, 1.54) is 31.7 Å². The van der Waals surface area contributed by atoms with Gasteiger partial charge < -0.3 is 24.3 Å². The predicted octanol–water partition coefficient (Wildman–Crippen LogP) is 5.81. The van der Waals surface area contributed by atoms with Gasteiger partial charge in [-0.2, -0.15) is 0 Å². The molecule has 1 aromatic carbocycles. The lowest BCUT2D eigenvalue weighted by Gasteiger charge is -2.60. The first-order valence-corrected chi connectivity index (χ1v) is 16.7. The molecule has 9 nitrogen and oxygen atoms in total. The van der Waals surface area contributed by atoms with Crippen molar-refractivity contribution >= 4 is 28.7 Å². The number of hydrogen-bond donors (Lipinski definition) is 3. The number of rotatable bonds is 8. The summed E-state index contributed by atoms with van der Waals surface area (Å²) in [5.41, 5.74) is 1.57. The van der Waals surface area contributed by atoms with Crippen LogP contribution in [0.4, 0.5) is 10.5 Å². The molecule has 0 radical (unpaired) electrons. The second-order valence-corrected chi connectivity index (χ2v) is 14.3. The first kappa shape index (κ1) is 31.1. The van der Waals surface area contributed by atoms with Gasteiger partial charge in [-0.05, 0) is 123 Å². The Morgan fingerprint density at radius 1 is 1.02 bits per heavy atom. The van der Waals surface area contributed by atoms with Crippen molar-refractivity contribution in [2.75, 3.05) is 25.1 Å². The monoisotopic (exact) mass is 608 g/mol. The highest BCUT2D eigenvalue weighted by Crippen LogP contribution is 2.66. The molecule has 1 heterocycles. The minimum absolute atomic E-state index is 0.0410. The average molecular weight is 609 g/mol. The third-order valence-electron chi connectivity index (χ3n) is 12.0. The number of benzene rings is 1. The molecule has 9 heteroatoms. The van der Waals surface area contributed by atoms with Crippen LogP contribution in [0.2, 0.25) is 0 Å². The molecule has 4 saturated carbocycles. The van der Waals surface area contributed by atoms with Crippen molar-refractivity contribution in [2.24, 2.45) is 34.5 Å². The van der Waals surface area contributed by atoms with Gasteiger partial charge in [0.1, 0.15) is 12.2 Å². The van der Waals surface area contributed by atoms with E-state index in [-0.39, 0.29) is 36.7 Å². The van der Waals surface area contributed by atoms with Crippen LogP contribution in [0.1, 0.15) is 84.1 Å². The van der Waals surface area contributed by atoms with Gasteiger partial charge in [0.2, 0.25) is 5.91 Å². The van der Waals surface area contributed by atoms with Crippen molar-refractivity contribution in [3.63, 3.8) is 0 Å². The van der Waals surface area contributed by atoms with Crippen LogP contribution in [-0.2, 0) is 20.7 Å². The summed E-state index contributed by atoms with van der Waals surface area (Å²) in [5.74, 6) is 2.62. The standard InChI is InChI=1S/C35H48N2O7/c1-4-42-33(41)37-23-6-8-25-21(17-32(40)44-29(25)19-23)13-16-36-31(39)20-43-30-10-9-27-26-7-5-22-18-24(38)11-14-34(22,2)28(26)12-15-35(27,30)3/h6,8,17,19,22,24,26-28,30,38H,4-5,7,9-16,18,20H2,1-3H3,(H,36,39)(H,37,41)/t22-,24+,26-,27-,28-,30-,34-,35-/m0/s1. The van der Waals surface area contributed by atoms with Crippen LogP contribution in [0, 0.1) is 34.5 Å². The fourth-order valence-electron chi connectivity index (χ4n) is 9.82. The Labute approximate surface area is 259 Å². The molecule has 4 fully saturated rings. The summed E-state index contributed by atoms with van der Waals surface area (Å²) in [5, 5.41) is 16.7. The summed E-state index contributed by atoms with van der Waals surface area (Å²) in [4.78, 5) is 36.8. The number of amides is 2. The van der Waals surface area contributed by atoms with Crippen LogP contribution >= 0.6 is 0 Å². The molecule has 8 atom stereocenters. The van der Waals surface area contributed by atoms with Crippen LogP contribution in [0.25, 0.3) is 11.0 Å². The molecule has 44 heavy (non-hydrogen) atoms. The molecule has 4 aliphatic rings. The van der Waals surface area contributed by atoms with Crippen molar-refractivity contribution < 1.29 is 28.6 Å². The third kappa shape index (κ3) is 5.89. The Morgan fingerprint density at radius 2 is 1.82 bits per heavy atom. The third-order valence-corrected chi connectivity index (χ3v) is 12.0. The Balaban J connectivity index is 1.02. The van der Waals surface area contributed by atoms with E-state index in [2.05, 4.69) is 24.5 Å². The summed E-state index contributed by atoms with van der Waals surface area (Å²) in [7, 11) is 0. The molecule has 0 aliphatic heterocycles. The summed E-state index contributed by atoms with van der Waals surface area (Å²) >= 11 is 0. The minimum atomic E-state index is -0.576. The SMILES string of the molecule is CCOC(=O)Nc1ccc2c(CCNC(=O)CO[C@H]3CC[C@H]4[C@@H]5CC[C@H]6C[C@H](O)CC[C@]6(C)[C@H]5CC[C@]34C)cc(=O)oc2c1. The Bertz CT molecular complexity index is 1440. The van der Waals surface area contributed by atoms with Crippen molar-refractivity contribution in [3.8, 4) is 0 Å². The molecule has 6 rings (SSSR count). The quantitative estimate of drug-likeness (QED) is 0.323. The normalized spacial score (nSPS) is 34.5. The van der Waals surface area contributed by atoms with E-state index >= 15 is 0 Å². The van der Waals surface area contributed by atoms with Gasteiger partial charge in [-0.25, -0.2) is 9.59 Å². The van der Waals surface area contributed by atoms with E-state index < -0.39 is 11.7 Å². The maximum absolute atomic E-state index is 12.9. The molecule has 4 aliphatic carbocycles. The molecule has 1 aromatic heterocycles. The number of carbonyl (C=O) groups is 2. The number of aliphatic hydroxyl groups is 1. The Hall–Kier alpha value is -2.91. The highest BCUT2D eigenvalue weighted by atomic mass is 16.5.